The fourth-order valence-electron chi connectivity index (χ4n) is 2.16. The summed E-state index contributed by atoms with van der Waals surface area (Å²) in [7, 11) is -3.14. The summed E-state index contributed by atoms with van der Waals surface area (Å²) in [4.78, 5) is 0.369. The van der Waals surface area contributed by atoms with E-state index in [-0.39, 0.29) is 11.7 Å². The number of benzene rings is 1. The molecule has 18 heavy (non-hydrogen) atoms. The smallest absolute Gasteiger partial charge is 0.178 e. The Hall–Kier alpha value is -0.870. The molecule has 4 heteroatoms. The van der Waals surface area contributed by atoms with E-state index in [1.165, 1.54) is 0 Å². The van der Waals surface area contributed by atoms with Crippen molar-refractivity contribution in [2.75, 3.05) is 5.75 Å². The molecule has 0 bridgehead atoms. The lowest BCUT2D eigenvalue weighted by Gasteiger charge is -2.18. The number of hydrogen-bond donors (Lipinski definition) is 1. The van der Waals surface area contributed by atoms with Crippen LogP contribution in [0.25, 0.3) is 0 Å². The summed E-state index contributed by atoms with van der Waals surface area (Å²) in [5.74, 6) is 0.243. The normalized spacial score (nSPS) is 15.3. The molecule has 1 rings (SSSR count). The van der Waals surface area contributed by atoms with E-state index in [1.807, 2.05) is 26.0 Å². The zero-order valence-corrected chi connectivity index (χ0v) is 12.1. The molecule has 0 saturated heterocycles. The molecule has 0 aromatic heterocycles. The third-order valence-electron chi connectivity index (χ3n) is 3.16. The summed E-state index contributed by atoms with van der Waals surface area (Å²) in [6.45, 7) is 5.63. The summed E-state index contributed by atoms with van der Waals surface area (Å²) in [6.07, 6.45) is 1.03. The second-order valence-corrected chi connectivity index (χ2v) is 6.75. The van der Waals surface area contributed by atoms with Crippen molar-refractivity contribution in [2.45, 2.75) is 50.5 Å². The predicted molar refractivity (Wildman–Crippen MR) is 73.5 cm³/mol. The van der Waals surface area contributed by atoms with Crippen LogP contribution >= 0.6 is 0 Å². The lowest BCUT2D eigenvalue weighted by atomic mass is 9.92. The molecule has 0 aliphatic heterocycles. The van der Waals surface area contributed by atoms with Crippen LogP contribution in [0.2, 0.25) is 0 Å². The maximum atomic E-state index is 11.9. The van der Waals surface area contributed by atoms with E-state index in [4.69, 9.17) is 0 Å². The lowest BCUT2D eigenvalue weighted by Crippen LogP contribution is -2.14. The zero-order valence-electron chi connectivity index (χ0n) is 11.3. The molecule has 0 amide bonds. The topological polar surface area (TPSA) is 54.4 Å². The molecule has 0 aliphatic rings. The van der Waals surface area contributed by atoms with Crippen molar-refractivity contribution >= 4 is 9.84 Å². The Morgan fingerprint density at radius 1 is 1.17 bits per heavy atom. The largest absolute Gasteiger partial charge is 0.393 e. The molecule has 0 spiro atoms. The van der Waals surface area contributed by atoms with Gasteiger partial charge in [-0.3, -0.25) is 0 Å². The predicted octanol–water partition coefficient (Wildman–Crippen LogP) is 2.74. The van der Waals surface area contributed by atoms with Gasteiger partial charge in [-0.2, -0.15) is 0 Å². The average Bonchev–Trinajstić information content (AvgIpc) is 2.30. The summed E-state index contributed by atoms with van der Waals surface area (Å²) in [5, 5.41) is 9.66. The second-order valence-electron chi connectivity index (χ2n) is 4.64. The van der Waals surface area contributed by atoms with E-state index >= 15 is 0 Å². The van der Waals surface area contributed by atoms with Crippen molar-refractivity contribution in [1.29, 1.82) is 0 Å². The van der Waals surface area contributed by atoms with E-state index in [0.717, 1.165) is 12.0 Å². The van der Waals surface area contributed by atoms with Gasteiger partial charge in [0.2, 0.25) is 0 Å². The number of aliphatic hydroxyl groups excluding tert-OH is 1. The minimum atomic E-state index is -3.14. The van der Waals surface area contributed by atoms with Crippen LogP contribution in [-0.2, 0) is 9.84 Å². The van der Waals surface area contributed by atoms with Gasteiger partial charge in [0.25, 0.3) is 0 Å². The molecule has 0 aliphatic carbocycles. The summed E-state index contributed by atoms with van der Waals surface area (Å²) >= 11 is 0. The summed E-state index contributed by atoms with van der Waals surface area (Å²) in [5.41, 5.74) is 0.989. The quantitative estimate of drug-likeness (QED) is 0.864. The Morgan fingerprint density at radius 2 is 1.72 bits per heavy atom. The Morgan fingerprint density at radius 3 is 2.11 bits per heavy atom. The molecule has 0 saturated carbocycles. The molecule has 0 fully saturated rings. The Bertz CT molecular complexity index is 460. The van der Waals surface area contributed by atoms with Gasteiger partial charge in [0, 0.05) is 5.92 Å². The minimum absolute atomic E-state index is 0.0629. The van der Waals surface area contributed by atoms with Gasteiger partial charge in [0.05, 0.1) is 16.8 Å². The standard InChI is InChI=1S/C14H22O3S/c1-4-10-18(16,17)13-8-6-12(7-9-13)14(5-2)11(3)15/h6-9,11,14-15H,4-5,10H2,1-3H3. The highest BCUT2D eigenvalue weighted by molar-refractivity contribution is 7.91. The molecule has 0 heterocycles. The van der Waals surface area contributed by atoms with Gasteiger partial charge in [-0.1, -0.05) is 26.0 Å². The van der Waals surface area contributed by atoms with E-state index < -0.39 is 15.9 Å². The van der Waals surface area contributed by atoms with E-state index in [2.05, 4.69) is 0 Å². The van der Waals surface area contributed by atoms with Crippen molar-refractivity contribution in [1.82, 2.24) is 0 Å². The fraction of sp³-hybridized carbons (Fsp3) is 0.571. The first kappa shape index (κ1) is 15.2. The Balaban J connectivity index is 2.99. The van der Waals surface area contributed by atoms with Crippen LogP contribution in [0.4, 0.5) is 0 Å². The number of sulfone groups is 1. The van der Waals surface area contributed by atoms with Gasteiger partial charge in [-0.25, -0.2) is 8.42 Å². The van der Waals surface area contributed by atoms with Crippen molar-refractivity contribution in [3.05, 3.63) is 29.8 Å². The van der Waals surface area contributed by atoms with E-state index in [9.17, 15) is 13.5 Å². The van der Waals surface area contributed by atoms with Gasteiger partial charge in [-0.15, -0.1) is 0 Å². The number of aliphatic hydroxyl groups is 1. The van der Waals surface area contributed by atoms with Crippen LogP contribution in [-0.4, -0.2) is 25.4 Å². The van der Waals surface area contributed by atoms with Crippen LogP contribution in [0, 0.1) is 0 Å². The van der Waals surface area contributed by atoms with Crippen LogP contribution < -0.4 is 0 Å². The SMILES string of the molecule is CCCS(=O)(=O)c1ccc(C(CC)C(C)O)cc1. The highest BCUT2D eigenvalue weighted by atomic mass is 32.2. The summed E-state index contributed by atoms with van der Waals surface area (Å²) < 4.78 is 23.7. The van der Waals surface area contributed by atoms with Crippen molar-refractivity contribution in [3.63, 3.8) is 0 Å². The first-order chi connectivity index (χ1) is 8.42. The maximum absolute atomic E-state index is 11.9. The van der Waals surface area contributed by atoms with E-state index in [0.29, 0.717) is 11.3 Å². The lowest BCUT2D eigenvalue weighted by molar-refractivity contribution is 0.160. The maximum Gasteiger partial charge on any atom is 0.178 e. The molecule has 1 N–H and O–H groups in total. The monoisotopic (exact) mass is 270 g/mol. The Labute approximate surface area is 110 Å². The van der Waals surface area contributed by atoms with Crippen LogP contribution in [0.5, 0.6) is 0 Å². The Kier molecular flexibility index (Phi) is 5.35. The highest BCUT2D eigenvalue weighted by Crippen LogP contribution is 2.24. The molecule has 2 unspecified atom stereocenters. The molecule has 102 valence electrons. The van der Waals surface area contributed by atoms with Crippen molar-refractivity contribution < 1.29 is 13.5 Å². The fourth-order valence-corrected chi connectivity index (χ4v) is 3.49. The van der Waals surface area contributed by atoms with Crippen LogP contribution in [0.15, 0.2) is 29.2 Å². The van der Waals surface area contributed by atoms with Gasteiger partial charge in [0.1, 0.15) is 0 Å². The third kappa shape index (κ3) is 3.56. The molecular formula is C14H22O3S. The third-order valence-corrected chi connectivity index (χ3v) is 5.10. The van der Waals surface area contributed by atoms with Gasteiger partial charge in [0.15, 0.2) is 9.84 Å². The van der Waals surface area contributed by atoms with Crippen LogP contribution in [0.3, 0.4) is 0 Å². The van der Waals surface area contributed by atoms with Crippen LogP contribution in [0.1, 0.15) is 45.1 Å². The average molecular weight is 270 g/mol. The van der Waals surface area contributed by atoms with Crippen molar-refractivity contribution in [2.24, 2.45) is 0 Å². The van der Waals surface area contributed by atoms with E-state index in [1.54, 1.807) is 19.1 Å². The van der Waals surface area contributed by atoms with Gasteiger partial charge >= 0.3 is 0 Å². The molecule has 3 nitrogen and oxygen atoms in total. The first-order valence-corrected chi connectivity index (χ1v) is 8.08. The minimum Gasteiger partial charge on any atom is -0.393 e. The molecule has 1 aromatic carbocycles. The highest BCUT2D eigenvalue weighted by Gasteiger charge is 2.17. The molecular weight excluding hydrogens is 248 g/mol. The number of hydrogen-bond acceptors (Lipinski definition) is 3. The second kappa shape index (κ2) is 6.34. The van der Waals surface area contributed by atoms with Gasteiger partial charge < -0.3 is 5.11 Å². The zero-order chi connectivity index (χ0) is 13.8. The molecule has 0 radical (unpaired) electrons. The number of rotatable bonds is 6. The molecule has 2 atom stereocenters. The first-order valence-electron chi connectivity index (χ1n) is 6.43. The molecule has 1 aromatic rings. The summed E-state index contributed by atoms with van der Waals surface area (Å²) in [6, 6.07) is 6.91. The van der Waals surface area contributed by atoms with Gasteiger partial charge in [-0.05, 0) is 37.5 Å². The van der Waals surface area contributed by atoms with Crippen molar-refractivity contribution in [3.8, 4) is 0 Å².